The van der Waals surface area contributed by atoms with Crippen LogP contribution in [-0.2, 0) is 13.1 Å². The van der Waals surface area contributed by atoms with Gasteiger partial charge in [-0.05, 0) is 25.8 Å². The number of nitrogens with zero attached hydrogens (tertiary/aromatic N) is 4. The third-order valence-corrected chi connectivity index (χ3v) is 5.02. The van der Waals surface area contributed by atoms with Gasteiger partial charge in [0.25, 0.3) is 0 Å². The molecule has 2 atom stereocenters. The lowest BCUT2D eigenvalue weighted by molar-refractivity contribution is 0.102. The van der Waals surface area contributed by atoms with E-state index >= 15 is 0 Å². The van der Waals surface area contributed by atoms with Crippen LogP contribution in [0.5, 0.6) is 0 Å². The van der Waals surface area contributed by atoms with Crippen LogP contribution < -0.4 is 5.32 Å². The van der Waals surface area contributed by atoms with Crippen molar-refractivity contribution in [1.82, 2.24) is 25.0 Å². The van der Waals surface area contributed by atoms with Gasteiger partial charge in [-0.3, -0.25) is 4.90 Å². The lowest BCUT2D eigenvalue weighted by Crippen LogP contribution is -2.52. The molecule has 1 aromatic heterocycles. The van der Waals surface area contributed by atoms with Gasteiger partial charge in [0.15, 0.2) is 0 Å². The Hall–Kier alpha value is -0.940. The Balaban J connectivity index is 1.69. The molecule has 2 heterocycles. The molecule has 1 aliphatic carbocycles. The van der Waals surface area contributed by atoms with E-state index in [0.717, 1.165) is 32.0 Å². The standard InChI is InChI=1S/C16H29N5/c1-2-9-17-14-7-5-3-4-6-8-15(14)20-10-11-21-13-18-19-16(21)12-20/h13-15,17H,2-12H2,1H3. The van der Waals surface area contributed by atoms with Crippen LogP contribution in [0.25, 0.3) is 0 Å². The SMILES string of the molecule is CCCNC1CCCCCCC1N1CCn2cnnc2C1. The first-order chi connectivity index (χ1) is 10.4. The van der Waals surface area contributed by atoms with Crippen molar-refractivity contribution in [2.75, 3.05) is 13.1 Å². The predicted molar refractivity (Wildman–Crippen MR) is 84.0 cm³/mol. The minimum absolute atomic E-state index is 0.653. The van der Waals surface area contributed by atoms with Gasteiger partial charge in [-0.25, -0.2) is 0 Å². The molecule has 0 spiro atoms. The minimum Gasteiger partial charge on any atom is -0.315 e. The average molecular weight is 291 g/mol. The van der Waals surface area contributed by atoms with Crippen LogP contribution in [0.3, 0.4) is 0 Å². The van der Waals surface area contributed by atoms with E-state index in [1.165, 1.54) is 44.9 Å². The molecular weight excluding hydrogens is 262 g/mol. The maximum Gasteiger partial charge on any atom is 0.147 e. The lowest BCUT2D eigenvalue weighted by atomic mass is 9.90. The Kier molecular flexibility index (Phi) is 5.25. The molecule has 3 rings (SSSR count). The summed E-state index contributed by atoms with van der Waals surface area (Å²) in [5.74, 6) is 1.14. The van der Waals surface area contributed by atoms with Gasteiger partial charge in [0, 0.05) is 25.2 Å². The van der Waals surface area contributed by atoms with Crippen LogP contribution in [0, 0.1) is 0 Å². The second-order valence-electron chi connectivity index (χ2n) is 6.53. The second kappa shape index (κ2) is 7.36. The molecule has 0 bridgehead atoms. The molecule has 1 aromatic rings. The van der Waals surface area contributed by atoms with E-state index in [9.17, 15) is 0 Å². The molecule has 118 valence electrons. The fourth-order valence-electron chi connectivity index (χ4n) is 3.84. The minimum atomic E-state index is 0.653. The number of hydrogen-bond donors (Lipinski definition) is 1. The topological polar surface area (TPSA) is 46.0 Å². The molecule has 1 N–H and O–H groups in total. The summed E-state index contributed by atoms with van der Waals surface area (Å²) in [5.41, 5.74) is 0. The van der Waals surface area contributed by atoms with Gasteiger partial charge in [-0.1, -0.05) is 32.6 Å². The van der Waals surface area contributed by atoms with Crippen LogP contribution >= 0.6 is 0 Å². The smallest absolute Gasteiger partial charge is 0.147 e. The van der Waals surface area contributed by atoms with E-state index in [1.54, 1.807) is 0 Å². The van der Waals surface area contributed by atoms with Crippen LogP contribution in [0.2, 0.25) is 0 Å². The van der Waals surface area contributed by atoms with Crippen molar-refractivity contribution in [3.8, 4) is 0 Å². The third kappa shape index (κ3) is 3.64. The Bertz CT molecular complexity index is 428. The molecule has 5 nitrogen and oxygen atoms in total. The molecule has 2 unspecified atom stereocenters. The van der Waals surface area contributed by atoms with Crippen LogP contribution in [-0.4, -0.2) is 44.8 Å². The fourth-order valence-corrected chi connectivity index (χ4v) is 3.84. The average Bonchev–Trinajstić information content (AvgIpc) is 2.94. The van der Waals surface area contributed by atoms with Crippen LogP contribution in [0.15, 0.2) is 6.33 Å². The van der Waals surface area contributed by atoms with Crippen molar-refractivity contribution >= 4 is 0 Å². The largest absolute Gasteiger partial charge is 0.315 e. The molecule has 0 saturated heterocycles. The van der Waals surface area contributed by atoms with Crippen molar-refractivity contribution in [1.29, 1.82) is 0 Å². The van der Waals surface area contributed by atoms with Gasteiger partial charge >= 0.3 is 0 Å². The molecule has 0 aromatic carbocycles. The van der Waals surface area contributed by atoms with E-state index in [4.69, 9.17) is 0 Å². The summed E-state index contributed by atoms with van der Waals surface area (Å²) < 4.78 is 2.20. The summed E-state index contributed by atoms with van der Waals surface area (Å²) in [5, 5.41) is 12.2. The van der Waals surface area contributed by atoms with Crippen molar-refractivity contribution in [2.24, 2.45) is 0 Å². The highest BCUT2D eigenvalue weighted by atomic mass is 15.3. The first-order valence-electron chi connectivity index (χ1n) is 8.72. The van der Waals surface area contributed by atoms with E-state index in [-0.39, 0.29) is 0 Å². The Labute approximate surface area is 128 Å². The molecule has 1 aliphatic heterocycles. The zero-order valence-electron chi connectivity index (χ0n) is 13.3. The molecule has 0 amide bonds. The van der Waals surface area contributed by atoms with Crippen molar-refractivity contribution in [3.63, 3.8) is 0 Å². The summed E-state index contributed by atoms with van der Waals surface area (Å²) in [6.45, 7) is 6.55. The number of nitrogens with one attached hydrogen (secondary N) is 1. The highest BCUT2D eigenvalue weighted by Gasteiger charge is 2.30. The normalized spacial score (nSPS) is 27.9. The highest BCUT2D eigenvalue weighted by Crippen LogP contribution is 2.25. The van der Waals surface area contributed by atoms with Crippen molar-refractivity contribution in [3.05, 3.63) is 12.2 Å². The van der Waals surface area contributed by atoms with Gasteiger partial charge in [-0.15, -0.1) is 10.2 Å². The number of fused-ring (bicyclic) bond motifs is 1. The Morgan fingerprint density at radius 3 is 2.90 bits per heavy atom. The van der Waals surface area contributed by atoms with Gasteiger partial charge in [0.05, 0.1) is 6.54 Å². The molecule has 1 saturated carbocycles. The van der Waals surface area contributed by atoms with E-state index in [2.05, 4.69) is 31.9 Å². The number of hydrogen-bond acceptors (Lipinski definition) is 4. The lowest BCUT2D eigenvalue weighted by Gasteiger charge is -2.40. The predicted octanol–water partition coefficient (Wildman–Crippen LogP) is 2.18. The summed E-state index contributed by atoms with van der Waals surface area (Å²) in [4.78, 5) is 2.66. The molecule has 5 heteroatoms. The molecule has 21 heavy (non-hydrogen) atoms. The fraction of sp³-hybridized carbons (Fsp3) is 0.875. The monoisotopic (exact) mass is 291 g/mol. The van der Waals surface area contributed by atoms with Gasteiger partial charge in [0.2, 0.25) is 0 Å². The number of rotatable bonds is 4. The van der Waals surface area contributed by atoms with Gasteiger partial charge < -0.3 is 9.88 Å². The van der Waals surface area contributed by atoms with Gasteiger partial charge in [-0.2, -0.15) is 0 Å². The molecule has 1 fully saturated rings. The molecule has 0 radical (unpaired) electrons. The first-order valence-corrected chi connectivity index (χ1v) is 8.72. The van der Waals surface area contributed by atoms with E-state index in [1.807, 2.05) is 6.33 Å². The summed E-state index contributed by atoms with van der Waals surface area (Å²) in [6, 6.07) is 1.32. The molecular formula is C16H29N5. The Morgan fingerprint density at radius 1 is 1.19 bits per heavy atom. The first kappa shape index (κ1) is 15.0. The maximum absolute atomic E-state index is 4.28. The van der Waals surface area contributed by atoms with Gasteiger partial charge in [0.1, 0.15) is 12.2 Å². The van der Waals surface area contributed by atoms with Crippen LogP contribution in [0.4, 0.5) is 0 Å². The third-order valence-electron chi connectivity index (χ3n) is 5.02. The summed E-state index contributed by atoms with van der Waals surface area (Å²) in [7, 11) is 0. The summed E-state index contributed by atoms with van der Waals surface area (Å²) >= 11 is 0. The zero-order chi connectivity index (χ0) is 14.5. The molecule has 2 aliphatic rings. The zero-order valence-corrected chi connectivity index (χ0v) is 13.3. The quantitative estimate of drug-likeness (QED) is 0.923. The van der Waals surface area contributed by atoms with E-state index < -0.39 is 0 Å². The maximum atomic E-state index is 4.28. The van der Waals surface area contributed by atoms with Crippen molar-refractivity contribution in [2.45, 2.75) is 77.0 Å². The van der Waals surface area contributed by atoms with Crippen molar-refractivity contribution < 1.29 is 0 Å². The highest BCUT2D eigenvalue weighted by molar-refractivity contribution is 4.95. The second-order valence-corrected chi connectivity index (χ2v) is 6.53. The summed E-state index contributed by atoms with van der Waals surface area (Å²) in [6.07, 6.45) is 11.3. The van der Waals surface area contributed by atoms with E-state index in [0.29, 0.717) is 12.1 Å². The Morgan fingerprint density at radius 2 is 2.05 bits per heavy atom. The number of aromatic nitrogens is 3. The van der Waals surface area contributed by atoms with Crippen LogP contribution in [0.1, 0.15) is 57.7 Å².